The third-order valence-electron chi connectivity index (χ3n) is 3.75. The molecular weight excluding hydrogens is 316 g/mol. The van der Waals surface area contributed by atoms with Gasteiger partial charge in [0.15, 0.2) is 6.10 Å². The number of hydrogen-bond donors (Lipinski definition) is 1. The van der Waals surface area contributed by atoms with Crippen LogP contribution >= 0.6 is 0 Å². The third-order valence-corrected chi connectivity index (χ3v) is 3.75. The highest BCUT2D eigenvalue weighted by Gasteiger charge is 2.19. The highest BCUT2D eigenvalue weighted by molar-refractivity contribution is 5.98. The SMILES string of the molecule is CCC(Oc1ccc(C)cc1)C(=O)Nc1cccc(C(=O)N(C)C)c1. The molecule has 5 nitrogen and oxygen atoms in total. The Morgan fingerprint density at radius 3 is 2.40 bits per heavy atom. The van der Waals surface area contributed by atoms with Crippen LogP contribution in [0.2, 0.25) is 0 Å². The number of anilines is 1. The van der Waals surface area contributed by atoms with Gasteiger partial charge in [-0.3, -0.25) is 9.59 Å². The van der Waals surface area contributed by atoms with Gasteiger partial charge >= 0.3 is 0 Å². The molecule has 0 saturated carbocycles. The zero-order valence-corrected chi connectivity index (χ0v) is 15.1. The molecule has 1 atom stereocenters. The van der Waals surface area contributed by atoms with Crippen LogP contribution in [0.25, 0.3) is 0 Å². The van der Waals surface area contributed by atoms with Gasteiger partial charge in [-0.25, -0.2) is 0 Å². The third kappa shape index (κ3) is 5.08. The second kappa shape index (κ2) is 8.33. The minimum Gasteiger partial charge on any atom is -0.481 e. The maximum absolute atomic E-state index is 12.5. The van der Waals surface area contributed by atoms with E-state index >= 15 is 0 Å². The van der Waals surface area contributed by atoms with Gasteiger partial charge in [-0.05, 0) is 43.7 Å². The minimum atomic E-state index is -0.601. The molecule has 25 heavy (non-hydrogen) atoms. The fraction of sp³-hybridized carbons (Fsp3) is 0.300. The Morgan fingerprint density at radius 2 is 1.80 bits per heavy atom. The van der Waals surface area contributed by atoms with Crippen LogP contribution < -0.4 is 10.1 Å². The van der Waals surface area contributed by atoms with Crippen LogP contribution in [0.3, 0.4) is 0 Å². The molecule has 0 spiro atoms. The lowest BCUT2D eigenvalue weighted by Crippen LogP contribution is -2.32. The maximum Gasteiger partial charge on any atom is 0.265 e. The standard InChI is InChI=1S/C20H24N2O3/c1-5-18(25-17-11-9-14(2)10-12-17)19(23)21-16-8-6-7-15(13-16)20(24)22(3)4/h6-13,18H,5H2,1-4H3,(H,21,23). The van der Waals surface area contributed by atoms with Gasteiger partial charge in [-0.2, -0.15) is 0 Å². The maximum atomic E-state index is 12.5. The lowest BCUT2D eigenvalue weighted by molar-refractivity contribution is -0.122. The Labute approximate surface area is 148 Å². The van der Waals surface area contributed by atoms with Crippen molar-refractivity contribution in [2.75, 3.05) is 19.4 Å². The fourth-order valence-electron chi connectivity index (χ4n) is 2.31. The average Bonchev–Trinajstić information content (AvgIpc) is 2.60. The van der Waals surface area contributed by atoms with Crippen molar-refractivity contribution < 1.29 is 14.3 Å². The molecule has 0 fully saturated rings. The van der Waals surface area contributed by atoms with Crippen molar-refractivity contribution >= 4 is 17.5 Å². The number of ether oxygens (including phenoxy) is 1. The van der Waals surface area contributed by atoms with Crippen LogP contribution in [-0.4, -0.2) is 36.9 Å². The summed E-state index contributed by atoms with van der Waals surface area (Å²) in [6, 6.07) is 14.5. The molecule has 5 heteroatoms. The molecule has 0 saturated heterocycles. The number of aryl methyl sites for hydroxylation is 1. The molecule has 0 bridgehead atoms. The predicted octanol–water partition coefficient (Wildman–Crippen LogP) is 3.49. The van der Waals surface area contributed by atoms with Crippen molar-refractivity contribution in [3.8, 4) is 5.75 Å². The number of hydrogen-bond acceptors (Lipinski definition) is 3. The van der Waals surface area contributed by atoms with Crippen molar-refractivity contribution in [2.45, 2.75) is 26.4 Å². The van der Waals surface area contributed by atoms with Gasteiger partial charge in [0, 0.05) is 25.3 Å². The lowest BCUT2D eigenvalue weighted by atomic mass is 10.1. The van der Waals surface area contributed by atoms with E-state index in [1.807, 2.05) is 38.1 Å². The van der Waals surface area contributed by atoms with Gasteiger partial charge in [0.05, 0.1) is 0 Å². The van der Waals surface area contributed by atoms with E-state index < -0.39 is 6.10 Å². The molecule has 0 radical (unpaired) electrons. The first kappa shape index (κ1) is 18.5. The van der Waals surface area contributed by atoms with Gasteiger partial charge in [0.2, 0.25) is 0 Å². The van der Waals surface area contributed by atoms with Gasteiger partial charge in [-0.1, -0.05) is 30.7 Å². The number of nitrogens with zero attached hydrogens (tertiary/aromatic N) is 1. The number of rotatable bonds is 6. The summed E-state index contributed by atoms with van der Waals surface area (Å²) in [4.78, 5) is 26.0. The van der Waals surface area contributed by atoms with Crippen LogP contribution in [0.1, 0.15) is 29.3 Å². The molecule has 0 aliphatic carbocycles. The van der Waals surface area contributed by atoms with Crippen LogP contribution in [0.5, 0.6) is 5.75 Å². The van der Waals surface area contributed by atoms with E-state index in [1.54, 1.807) is 38.4 Å². The van der Waals surface area contributed by atoms with Crippen molar-refractivity contribution in [2.24, 2.45) is 0 Å². The van der Waals surface area contributed by atoms with Gasteiger partial charge in [-0.15, -0.1) is 0 Å². The molecular formula is C20H24N2O3. The summed E-state index contributed by atoms with van der Waals surface area (Å²) in [6.45, 7) is 3.89. The normalized spacial score (nSPS) is 11.5. The topological polar surface area (TPSA) is 58.6 Å². The molecule has 0 aromatic heterocycles. The molecule has 0 aliphatic heterocycles. The number of carbonyl (C=O) groups excluding carboxylic acids is 2. The zero-order valence-electron chi connectivity index (χ0n) is 15.1. The molecule has 0 heterocycles. The molecule has 2 amide bonds. The van der Waals surface area contributed by atoms with Crippen molar-refractivity contribution in [3.63, 3.8) is 0 Å². The smallest absolute Gasteiger partial charge is 0.265 e. The first-order valence-electron chi connectivity index (χ1n) is 8.26. The molecule has 0 aliphatic rings. The Morgan fingerprint density at radius 1 is 1.12 bits per heavy atom. The van der Waals surface area contributed by atoms with E-state index in [9.17, 15) is 9.59 Å². The average molecular weight is 340 g/mol. The number of amides is 2. The van der Waals surface area contributed by atoms with Gasteiger partial charge in [0.1, 0.15) is 5.75 Å². The van der Waals surface area contributed by atoms with Crippen molar-refractivity contribution in [1.29, 1.82) is 0 Å². The summed E-state index contributed by atoms with van der Waals surface area (Å²) in [7, 11) is 3.38. The Hall–Kier alpha value is -2.82. The van der Waals surface area contributed by atoms with E-state index in [2.05, 4.69) is 5.32 Å². The monoisotopic (exact) mass is 340 g/mol. The van der Waals surface area contributed by atoms with Crippen LogP contribution in [-0.2, 0) is 4.79 Å². The Kier molecular flexibility index (Phi) is 6.17. The second-order valence-corrected chi connectivity index (χ2v) is 6.10. The molecule has 2 aromatic rings. The van der Waals surface area contributed by atoms with E-state index in [-0.39, 0.29) is 11.8 Å². The Bertz CT molecular complexity index is 739. The Balaban J connectivity index is 2.07. The number of benzene rings is 2. The molecule has 132 valence electrons. The largest absolute Gasteiger partial charge is 0.481 e. The first-order chi connectivity index (χ1) is 11.9. The van der Waals surface area contributed by atoms with Crippen LogP contribution in [0, 0.1) is 6.92 Å². The van der Waals surface area contributed by atoms with Crippen molar-refractivity contribution in [1.82, 2.24) is 4.90 Å². The quantitative estimate of drug-likeness (QED) is 0.876. The summed E-state index contributed by atoms with van der Waals surface area (Å²) < 4.78 is 5.78. The molecule has 2 rings (SSSR count). The summed E-state index contributed by atoms with van der Waals surface area (Å²) in [5, 5.41) is 2.82. The molecule has 2 aromatic carbocycles. The summed E-state index contributed by atoms with van der Waals surface area (Å²) in [5.74, 6) is 0.306. The number of nitrogens with one attached hydrogen (secondary N) is 1. The zero-order chi connectivity index (χ0) is 18.4. The van der Waals surface area contributed by atoms with E-state index in [0.717, 1.165) is 5.56 Å². The van der Waals surface area contributed by atoms with E-state index in [1.165, 1.54) is 4.90 Å². The second-order valence-electron chi connectivity index (χ2n) is 6.10. The number of carbonyl (C=O) groups is 2. The van der Waals surface area contributed by atoms with Crippen LogP contribution in [0.15, 0.2) is 48.5 Å². The first-order valence-corrected chi connectivity index (χ1v) is 8.26. The summed E-state index contributed by atoms with van der Waals surface area (Å²) >= 11 is 0. The van der Waals surface area contributed by atoms with Crippen molar-refractivity contribution in [3.05, 3.63) is 59.7 Å². The predicted molar refractivity (Wildman–Crippen MR) is 99.0 cm³/mol. The highest BCUT2D eigenvalue weighted by atomic mass is 16.5. The fourth-order valence-corrected chi connectivity index (χ4v) is 2.31. The molecule has 1 N–H and O–H groups in total. The van der Waals surface area contributed by atoms with Crippen LogP contribution in [0.4, 0.5) is 5.69 Å². The minimum absolute atomic E-state index is 0.112. The van der Waals surface area contributed by atoms with Gasteiger partial charge in [0.25, 0.3) is 11.8 Å². The summed E-state index contributed by atoms with van der Waals surface area (Å²) in [5.41, 5.74) is 2.23. The van der Waals surface area contributed by atoms with E-state index in [4.69, 9.17) is 4.74 Å². The van der Waals surface area contributed by atoms with E-state index in [0.29, 0.717) is 23.4 Å². The lowest BCUT2D eigenvalue weighted by Gasteiger charge is -2.18. The highest BCUT2D eigenvalue weighted by Crippen LogP contribution is 2.17. The molecule has 1 unspecified atom stereocenters. The van der Waals surface area contributed by atoms with Gasteiger partial charge < -0.3 is 15.0 Å². The summed E-state index contributed by atoms with van der Waals surface area (Å²) in [6.07, 6.45) is -0.0633.